The third-order valence-electron chi connectivity index (χ3n) is 4.10. The van der Waals surface area contributed by atoms with Crippen LogP contribution < -0.4 is 11.2 Å². The third kappa shape index (κ3) is 2.77. The van der Waals surface area contributed by atoms with Crippen molar-refractivity contribution in [2.24, 2.45) is 0 Å². The van der Waals surface area contributed by atoms with E-state index in [0.29, 0.717) is 16.8 Å². The molecule has 0 aliphatic carbocycles. The highest BCUT2D eigenvalue weighted by atomic mass is 35.5. The minimum Gasteiger partial charge on any atom is -0.288 e. The highest BCUT2D eigenvalue weighted by molar-refractivity contribution is 7.17. The first-order valence-electron chi connectivity index (χ1n) is 7.78. The van der Waals surface area contributed by atoms with Gasteiger partial charge in [-0.05, 0) is 35.2 Å². The Morgan fingerprint density at radius 1 is 1.04 bits per heavy atom. The van der Waals surface area contributed by atoms with Crippen LogP contribution in [0, 0.1) is 5.82 Å². The maximum atomic E-state index is 13.5. The van der Waals surface area contributed by atoms with E-state index >= 15 is 0 Å². The summed E-state index contributed by atoms with van der Waals surface area (Å²) >= 11 is 7.10. The molecule has 4 aromatic rings. The van der Waals surface area contributed by atoms with Gasteiger partial charge in [0.15, 0.2) is 0 Å². The minimum absolute atomic E-state index is 0.144. The first kappa shape index (κ1) is 16.8. The molecule has 26 heavy (non-hydrogen) atoms. The van der Waals surface area contributed by atoms with Crippen LogP contribution in [0.15, 0.2) is 69.6 Å². The number of hydrogen-bond acceptors (Lipinski definition) is 3. The molecule has 0 N–H and O–H groups in total. The standard InChI is InChI=1S/C19H12ClFN2O2S/c20-14-10-13(6-7-15(14)21)23-18(24)17-16(8-9-26-17)22(19(23)25)11-12-4-2-1-3-5-12/h1-10H,11H2. The molecule has 4 nitrogen and oxygen atoms in total. The summed E-state index contributed by atoms with van der Waals surface area (Å²) in [7, 11) is 0. The van der Waals surface area contributed by atoms with E-state index < -0.39 is 17.1 Å². The predicted octanol–water partition coefficient (Wildman–Crippen LogP) is 4.05. The van der Waals surface area contributed by atoms with E-state index in [0.717, 1.165) is 16.2 Å². The molecule has 0 amide bonds. The Kier molecular flexibility index (Phi) is 4.22. The summed E-state index contributed by atoms with van der Waals surface area (Å²) in [5.41, 5.74) is 0.825. The molecule has 0 spiro atoms. The average molecular weight is 387 g/mol. The first-order valence-corrected chi connectivity index (χ1v) is 9.04. The van der Waals surface area contributed by atoms with Crippen LogP contribution in [0.5, 0.6) is 0 Å². The molecule has 2 aromatic carbocycles. The van der Waals surface area contributed by atoms with Gasteiger partial charge in [0.1, 0.15) is 10.5 Å². The van der Waals surface area contributed by atoms with Crippen molar-refractivity contribution in [1.29, 1.82) is 0 Å². The molecule has 2 aromatic heterocycles. The molecule has 0 radical (unpaired) electrons. The van der Waals surface area contributed by atoms with Crippen LogP contribution >= 0.6 is 22.9 Å². The van der Waals surface area contributed by atoms with E-state index in [9.17, 15) is 14.0 Å². The summed E-state index contributed by atoms with van der Waals surface area (Å²) in [6.45, 7) is 0.322. The Bertz CT molecular complexity index is 1230. The Morgan fingerprint density at radius 2 is 1.81 bits per heavy atom. The molecule has 0 aliphatic rings. The van der Waals surface area contributed by atoms with Gasteiger partial charge < -0.3 is 0 Å². The lowest BCUT2D eigenvalue weighted by molar-refractivity contribution is 0.627. The van der Waals surface area contributed by atoms with E-state index in [1.54, 1.807) is 16.0 Å². The van der Waals surface area contributed by atoms with E-state index in [2.05, 4.69) is 0 Å². The van der Waals surface area contributed by atoms with Gasteiger partial charge in [0, 0.05) is 0 Å². The van der Waals surface area contributed by atoms with Gasteiger partial charge in [0.25, 0.3) is 5.56 Å². The topological polar surface area (TPSA) is 44.0 Å². The van der Waals surface area contributed by atoms with Crippen molar-refractivity contribution in [3.8, 4) is 5.69 Å². The minimum atomic E-state index is -0.606. The Morgan fingerprint density at radius 3 is 2.54 bits per heavy atom. The van der Waals surface area contributed by atoms with Crippen LogP contribution in [0.3, 0.4) is 0 Å². The molecule has 2 heterocycles. The van der Waals surface area contributed by atoms with Gasteiger partial charge in [-0.15, -0.1) is 11.3 Å². The van der Waals surface area contributed by atoms with E-state index in [4.69, 9.17) is 11.6 Å². The molecule has 130 valence electrons. The normalized spacial score (nSPS) is 11.2. The molecule has 0 unspecified atom stereocenters. The van der Waals surface area contributed by atoms with Gasteiger partial charge >= 0.3 is 5.69 Å². The molecule has 0 saturated carbocycles. The fourth-order valence-electron chi connectivity index (χ4n) is 2.86. The van der Waals surface area contributed by atoms with Crippen LogP contribution in [0.2, 0.25) is 5.02 Å². The zero-order chi connectivity index (χ0) is 18.3. The molecule has 4 rings (SSSR count). The van der Waals surface area contributed by atoms with E-state index in [-0.39, 0.29) is 10.7 Å². The molecule has 0 aliphatic heterocycles. The highest BCUT2D eigenvalue weighted by Gasteiger charge is 2.16. The van der Waals surface area contributed by atoms with Crippen LogP contribution in [-0.2, 0) is 6.54 Å². The monoisotopic (exact) mass is 386 g/mol. The maximum absolute atomic E-state index is 13.5. The van der Waals surface area contributed by atoms with Crippen molar-refractivity contribution < 1.29 is 4.39 Å². The van der Waals surface area contributed by atoms with E-state index in [1.807, 2.05) is 30.3 Å². The average Bonchev–Trinajstić information content (AvgIpc) is 3.13. The summed E-state index contributed by atoms with van der Waals surface area (Å²) in [5, 5.41) is 1.63. The second kappa shape index (κ2) is 6.55. The lowest BCUT2D eigenvalue weighted by Crippen LogP contribution is -2.38. The van der Waals surface area contributed by atoms with Crippen LogP contribution in [-0.4, -0.2) is 9.13 Å². The maximum Gasteiger partial charge on any atom is 0.336 e. The summed E-state index contributed by atoms with van der Waals surface area (Å²) < 4.78 is 16.5. The number of thiophene rings is 1. The summed E-state index contributed by atoms with van der Waals surface area (Å²) in [4.78, 5) is 25.9. The van der Waals surface area contributed by atoms with Crippen molar-refractivity contribution in [2.75, 3.05) is 0 Å². The molecular formula is C19H12ClFN2O2S. The van der Waals surface area contributed by atoms with Gasteiger partial charge in [-0.2, -0.15) is 0 Å². The van der Waals surface area contributed by atoms with Gasteiger partial charge in [-0.1, -0.05) is 41.9 Å². The van der Waals surface area contributed by atoms with Crippen molar-refractivity contribution in [3.63, 3.8) is 0 Å². The lowest BCUT2D eigenvalue weighted by Gasteiger charge is -2.12. The van der Waals surface area contributed by atoms with Crippen molar-refractivity contribution in [2.45, 2.75) is 6.54 Å². The van der Waals surface area contributed by atoms with Crippen LogP contribution in [0.1, 0.15) is 5.56 Å². The fourth-order valence-corrected chi connectivity index (χ4v) is 3.86. The highest BCUT2D eigenvalue weighted by Crippen LogP contribution is 2.20. The largest absolute Gasteiger partial charge is 0.336 e. The van der Waals surface area contributed by atoms with Crippen molar-refractivity contribution >= 4 is 33.2 Å². The molecule has 0 bridgehead atoms. The molecule has 0 saturated heterocycles. The predicted molar refractivity (Wildman–Crippen MR) is 102 cm³/mol. The summed E-state index contributed by atoms with van der Waals surface area (Å²) in [6, 6.07) is 15.1. The summed E-state index contributed by atoms with van der Waals surface area (Å²) in [5.74, 6) is -0.606. The Labute approximate surface area is 156 Å². The van der Waals surface area contributed by atoms with Gasteiger partial charge in [0.05, 0.1) is 22.8 Å². The Hall–Kier alpha value is -2.70. The fraction of sp³-hybridized carbons (Fsp3) is 0.0526. The smallest absolute Gasteiger partial charge is 0.288 e. The first-order chi connectivity index (χ1) is 12.6. The second-order valence-corrected chi connectivity index (χ2v) is 7.05. The zero-order valence-corrected chi connectivity index (χ0v) is 14.9. The van der Waals surface area contributed by atoms with Gasteiger partial charge in [-0.3, -0.25) is 9.36 Å². The molecular weight excluding hydrogens is 375 g/mol. The SMILES string of the molecule is O=c1c2sccc2n(Cc2ccccc2)c(=O)n1-c1ccc(F)c(Cl)c1. The number of rotatable bonds is 3. The third-order valence-corrected chi connectivity index (χ3v) is 5.28. The number of hydrogen-bond donors (Lipinski definition) is 0. The Balaban J connectivity index is 2.01. The molecule has 0 fully saturated rings. The zero-order valence-electron chi connectivity index (χ0n) is 13.4. The van der Waals surface area contributed by atoms with Crippen molar-refractivity contribution in [1.82, 2.24) is 9.13 Å². The quantitative estimate of drug-likeness (QED) is 0.533. The van der Waals surface area contributed by atoms with Gasteiger partial charge in [-0.25, -0.2) is 13.8 Å². The van der Waals surface area contributed by atoms with Crippen molar-refractivity contribution in [3.05, 3.63) is 97.2 Å². The second-order valence-electron chi connectivity index (χ2n) is 5.73. The number of benzene rings is 2. The lowest BCUT2D eigenvalue weighted by atomic mass is 10.2. The number of fused-ring (bicyclic) bond motifs is 1. The number of halogens is 2. The van der Waals surface area contributed by atoms with Gasteiger partial charge in [0.2, 0.25) is 0 Å². The number of nitrogens with zero attached hydrogens (tertiary/aromatic N) is 2. The van der Waals surface area contributed by atoms with Crippen LogP contribution in [0.25, 0.3) is 15.9 Å². The summed E-state index contributed by atoms with van der Waals surface area (Å²) in [6.07, 6.45) is 0. The van der Waals surface area contributed by atoms with E-state index in [1.165, 1.54) is 23.5 Å². The number of aromatic nitrogens is 2. The molecule has 0 atom stereocenters. The molecule has 7 heteroatoms. The van der Waals surface area contributed by atoms with Crippen LogP contribution in [0.4, 0.5) is 4.39 Å².